The fourth-order valence-electron chi connectivity index (χ4n) is 1.43. The van der Waals surface area contributed by atoms with E-state index in [1.807, 2.05) is 0 Å². The number of alkyl halides is 1. The van der Waals surface area contributed by atoms with Crippen LogP contribution in [0.5, 0.6) is 0 Å². The maximum Gasteiger partial charge on any atom is 0.348 e. The molecule has 3 nitrogen and oxygen atoms in total. The molecule has 1 unspecified atom stereocenters. The van der Waals surface area contributed by atoms with E-state index in [4.69, 9.17) is 0 Å². The van der Waals surface area contributed by atoms with Gasteiger partial charge in [-0.05, 0) is 31.9 Å². The molecule has 0 radical (unpaired) electrons. The van der Waals surface area contributed by atoms with Crippen LogP contribution in [0.1, 0.15) is 34.8 Å². The van der Waals surface area contributed by atoms with Gasteiger partial charge in [0, 0.05) is 5.56 Å². The number of aryl methyl sites for hydroxylation is 1. The second kappa shape index (κ2) is 5.86. The van der Waals surface area contributed by atoms with Crippen LogP contribution in [0.3, 0.4) is 0 Å². The molecular formula is C13H13F3O3. The van der Waals surface area contributed by atoms with Gasteiger partial charge in [-0.2, -0.15) is 0 Å². The van der Waals surface area contributed by atoms with Crippen LogP contribution < -0.4 is 0 Å². The first kappa shape index (κ1) is 15.2. The first-order valence-corrected chi connectivity index (χ1v) is 5.64. The number of esters is 2. The van der Waals surface area contributed by atoms with Gasteiger partial charge in [0.25, 0.3) is 0 Å². The minimum atomic E-state index is -1.92. The number of carbonyl (C=O) groups is 2. The van der Waals surface area contributed by atoms with E-state index in [-0.39, 0.29) is 23.1 Å². The van der Waals surface area contributed by atoms with Gasteiger partial charge in [0.1, 0.15) is 0 Å². The summed E-state index contributed by atoms with van der Waals surface area (Å²) in [5, 5.41) is 0. The van der Waals surface area contributed by atoms with Crippen LogP contribution in [-0.4, -0.2) is 18.1 Å². The Bertz CT molecular complexity index is 526. The number of carbonyl (C=O) groups excluding carboxylic acids is 2. The number of ether oxygens (including phenoxy) is 1. The van der Waals surface area contributed by atoms with Gasteiger partial charge in [0.15, 0.2) is 17.8 Å². The van der Waals surface area contributed by atoms with Crippen LogP contribution in [0.15, 0.2) is 6.07 Å². The molecule has 6 heteroatoms. The van der Waals surface area contributed by atoms with E-state index >= 15 is 0 Å². The lowest BCUT2D eigenvalue weighted by atomic mass is 10.0. The number of benzene rings is 1. The Morgan fingerprint density at radius 1 is 1.26 bits per heavy atom. The van der Waals surface area contributed by atoms with Crippen molar-refractivity contribution in [2.75, 3.05) is 0 Å². The zero-order chi connectivity index (χ0) is 14.7. The smallest absolute Gasteiger partial charge is 0.348 e. The second-order valence-electron chi connectivity index (χ2n) is 4.08. The minimum Gasteiger partial charge on any atom is -0.387 e. The fourth-order valence-corrected chi connectivity index (χ4v) is 1.43. The van der Waals surface area contributed by atoms with Gasteiger partial charge in [-0.3, -0.25) is 0 Å². The molecule has 0 spiro atoms. The molecule has 1 atom stereocenters. The van der Waals surface area contributed by atoms with Crippen molar-refractivity contribution in [1.29, 1.82) is 0 Å². The molecule has 0 N–H and O–H groups in total. The second-order valence-corrected chi connectivity index (χ2v) is 4.08. The molecule has 0 saturated heterocycles. The van der Waals surface area contributed by atoms with Crippen molar-refractivity contribution in [1.82, 2.24) is 0 Å². The first-order valence-electron chi connectivity index (χ1n) is 5.64. The van der Waals surface area contributed by atoms with Crippen LogP contribution in [0.25, 0.3) is 0 Å². The summed E-state index contributed by atoms with van der Waals surface area (Å²) in [6.45, 7) is 3.84. The molecule has 0 aliphatic carbocycles. The summed E-state index contributed by atoms with van der Waals surface area (Å²) >= 11 is 0. The molecule has 0 amide bonds. The van der Waals surface area contributed by atoms with Crippen LogP contribution >= 0.6 is 0 Å². The molecule has 0 heterocycles. The Balaban J connectivity index is 3.05. The number of hydrogen-bond donors (Lipinski definition) is 0. The first-order chi connectivity index (χ1) is 8.79. The van der Waals surface area contributed by atoms with Crippen molar-refractivity contribution >= 4 is 11.9 Å². The van der Waals surface area contributed by atoms with Gasteiger partial charge >= 0.3 is 11.9 Å². The average molecular weight is 274 g/mol. The van der Waals surface area contributed by atoms with Crippen molar-refractivity contribution in [3.8, 4) is 0 Å². The van der Waals surface area contributed by atoms with Gasteiger partial charge in [-0.25, -0.2) is 22.8 Å². The Hall–Kier alpha value is -1.85. The van der Waals surface area contributed by atoms with Crippen molar-refractivity contribution in [2.45, 2.75) is 33.4 Å². The summed E-state index contributed by atoms with van der Waals surface area (Å²) in [5.41, 5.74) is -0.685. The Labute approximate surface area is 108 Å². The lowest BCUT2D eigenvalue weighted by Crippen LogP contribution is -2.22. The van der Waals surface area contributed by atoms with Gasteiger partial charge in [-0.15, -0.1) is 0 Å². The summed E-state index contributed by atoms with van der Waals surface area (Å²) < 4.78 is 43.9. The quantitative estimate of drug-likeness (QED) is 0.628. The highest BCUT2D eigenvalue weighted by atomic mass is 19.2. The molecule has 104 valence electrons. The summed E-state index contributed by atoms with van der Waals surface area (Å²) in [5.74, 6) is -4.79. The van der Waals surface area contributed by atoms with Crippen LogP contribution in [0.4, 0.5) is 13.2 Å². The van der Waals surface area contributed by atoms with Gasteiger partial charge in [0.05, 0.1) is 5.56 Å². The van der Waals surface area contributed by atoms with Crippen molar-refractivity contribution in [2.24, 2.45) is 0 Å². The summed E-state index contributed by atoms with van der Waals surface area (Å²) in [6.07, 6.45) is -2.06. The third kappa shape index (κ3) is 3.13. The van der Waals surface area contributed by atoms with E-state index in [9.17, 15) is 22.8 Å². The molecule has 1 rings (SSSR count). The maximum absolute atomic E-state index is 13.4. The van der Waals surface area contributed by atoms with E-state index in [0.717, 1.165) is 6.07 Å². The monoisotopic (exact) mass is 274 g/mol. The lowest BCUT2D eigenvalue weighted by molar-refractivity contribution is -0.143. The fraction of sp³-hybridized carbons (Fsp3) is 0.385. The predicted octanol–water partition coefficient (Wildman–Crippen LogP) is 3.01. The van der Waals surface area contributed by atoms with Gasteiger partial charge < -0.3 is 4.74 Å². The van der Waals surface area contributed by atoms with E-state index in [1.165, 1.54) is 20.8 Å². The summed E-state index contributed by atoms with van der Waals surface area (Å²) in [6, 6.07) is 1.06. The standard InChI is InChI=1S/C13H13F3O3/c1-4-9(14)13(18)19-12(17)8-5-6(2)10(15)11(16)7(8)3/h5,9H,4H2,1-3H3. The molecule has 0 aromatic heterocycles. The maximum atomic E-state index is 13.4. The van der Waals surface area contributed by atoms with Crippen molar-refractivity contribution in [3.05, 3.63) is 34.4 Å². The third-order valence-electron chi connectivity index (χ3n) is 2.66. The molecule has 1 aromatic carbocycles. The van der Waals surface area contributed by atoms with Gasteiger partial charge in [0.2, 0.25) is 0 Å². The SMILES string of the molecule is CCC(F)C(=O)OC(=O)c1cc(C)c(F)c(F)c1C. The number of halogens is 3. The zero-order valence-corrected chi connectivity index (χ0v) is 10.7. The highest BCUT2D eigenvalue weighted by Crippen LogP contribution is 2.20. The highest BCUT2D eigenvalue weighted by Gasteiger charge is 2.24. The number of hydrogen-bond acceptors (Lipinski definition) is 3. The minimum absolute atomic E-state index is 0.102. The Morgan fingerprint density at radius 2 is 1.84 bits per heavy atom. The van der Waals surface area contributed by atoms with E-state index in [1.54, 1.807) is 0 Å². The normalized spacial score (nSPS) is 12.1. The largest absolute Gasteiger partial charge is 0.387 e. The van der Waals surface area contributed by atoms with Crippen LogP contribution in [0.2, 0.25) is 0 Å². The Kier molecular flexibility index (Phi) is 4.69. The van der Waals surface area contributed by atoms with Gasteiger partial charge in [-0.1, -0.05) is 6.92 Å². The third-order valence-corrected chi connectivity index (χ3v) is 2.66. The van der Waals surface area contributed by atoms with E-state index in [0.29, 0.717) is 0 Å². The Morgan fingerprint density at radius 3 is 2.37 bits per heavy atom. The molecule has 0 fully saturated rings. The molecule has 19 heavy (non-hydrogen) atoms. The molecule has 0 bridgehead atoms. The molecule has 0 aliphatic heterocycles. The van der Waals surface area contributed by atoms with E-state index in [2.05, 4.69) is 4.74 Å². The highest BCUT2D eigenvalue weighted by molar-refractivity contribution is 5.99. The van der Waals surface area contributed by atoms with Crippen molar-refractivity contribution in [3.63, 3.8) is 0 Å². The zero-order valence-electron chi connectivity index (χ0n) is 10.7. The summed E-state index contributed by atoms with van der Waals surface area (Å²) in [7, 11) is 0. The molecule has 1 aromatic rings. The molecular weight excluding hydrogens is 261 g/mol. The van der Waals surface area contributed by atoms with Crippen LogP contribution in [0, 0.1) is 25.5 Å². The lowest BCUT2D eigenvalue weighted by Gasteiger charge is -2.10. The predicted molar refractivity (Wildman–Crippen MR) is 61.4 cm³/mol. The van der Waals surface area contributed by atoms with E-state index < -0.39 is 29.7 Å². The molecule has 0 aliphatic rings. The average Bonchev–Trinajstić information content (AvgIpc) is 2.39. The number of rotatable bonds is 3. The summed E-state index contributed by atoms with van der Waals surface area (Å²) in [4.78, 5) is 22.7. The van der Waals surface area contributed by atoms with Crippen LogP contribution in [-0.2, 0) is 9.53 Å². The topological polar surface area (TPSA) is 43.4 Å². The molecule has 0 saturated carbocycles. The van der Waals surface area contributed by atoms with Crippen molar-refractivity contribution < 1.29 is 27.5 Å².